The van der Waals surface area contributed by atoms with Crippen LogP contribution in [0.3, 0.4) is 0 Å². The normalized spacial score (nSPS) is 18.4. The van der Waals surface area contributed by atoms with Crippen molar-refractivity contribution in [3.8, 4) is 0 Å². The molecule has 0 bridgehead atoms. The minimum Gasteiger partial charge on any atom is -0.385 e. The van der Waals surface area contributed by atoms with Gasteiger partial charge in [-0.3, -0.25) is 4.90 Å². The second kappa shape index (κ2) is 8.06. The van der Waals surface area contributed by atoms with Crippen molar-refractivity contribution < 1.29 is 13.2 Å². The van der Waals surface area contributed by atoms with Crippen LogP contribution in [-0.2, 0) is 14.8 Å². The van der Waals surface area contributed by atoms with Gasteiger partial charge in [0.2, 0.25) is 10.0 Å². The van der Waals surface area contributed by atoms with Gasteiger partial charge in [-0.15, -0.1) is 0 Å². The molecule has 1 aliphatic rings. The van der Waals surface area contributed by atoms with Crippen molar-refractivity contribution in [2.24, 2.45) is 0 Å². The molecule has 1 saturated heterocycles. The van der Waals surface area contributed by atoms with Crippen molar-refractivity contribution in [1.82, 2.24) is 14.5 Å². The number of likely N-dealkylation sites (N-methyl/N-ethyl adjacent to an activating group) is 1. The summed E-state index contributed by atoms with van der Waals surface area (Å²) in [6.07, 6.45) is 0.552. The Balaban J connectivity index is 2.27. The molecule has 0 atom stereocenters. The van der Waals surface area contributed by atoms with E-state index in [0.717, 1.165) is 32.7 Å². The van der Waals surface area contributed by atoms with Crippen molar-refractivity contribution >= 4 is 10.0 Å². The first-order valence-electron chi connectivity index (χ1n) is 6.42. The van der Waals surface area contributed by atoms with E-state index in [0.29, 0.717) is 19.6 Å². The van der Waals surface area contributed by atoms with Gasteiger partial charge in [0.1, 0.15) is 0 Å². The standard InChI is InChI=1S/C11H25N3O3S/c1-13(18(15,16)11-3-10-17-2)8-9-14-6-4-12-5-7-14/h12H,3-11H2,1-2H3. The van der Waals surface area contributed by atoms with E-state index in [4.69, 9.17) is 4.74 Å². The first kappa shape index (κ1) is 15.8. The quantitative estimate of drug-likeness (QED) is 0.589. The average molecular weight is 279 g/mol. The number of rotatable bonds is 8. The summed E-state index contributed by atoms with van der Waals surface area (Å²) in [5, 5.41) is 3.28. The van der Waals surface area contributed by atoms with E-state index in [9.17, 15) is 8.42 Å². The first-order chi connectivity index (χ1) is 8.56. The van der Waals surface area contributed by atoms with Gasteiger partial charge in [-0.25, -0.2) is 12.7 Å². The Morgan fingerprint density at radius 1 is 1.33 bits per heavy atom. The van der Waals surface area contributed by atoms with Crippen LogP contribution >= 0.6 is 0 Å². The van der Waals surface area contributed by atoms with Gasteiger partial charge in [0, 0.05) is 60.0 Å². The number of methoxy groups -OCH3 is 1. The fourth-order valence-corrected chi connectivity index (χ4v) is 3.05. The minimum atomic E-state index is -3.12. The Morgan fingerprint density at radius 2 is 2.00 bits per heavy atom. The van der Waals surface area contributed by atoms with E-state index in [1.165, 1.54) is 4.31 Å². The third kappa shape index (κ3) is 5.62. The fourth-order valence-electron chi connectivity index (χ4n) is 1.90. The third-order valence-corrected chi connectivity index (χ3v) is 5.10. The Hall–Kier alpha value is -0.210. The highest BCUT2D eigenvalue weighted by Crippen LogP contribution is 2.02. The number of hydrogen-bond acceptors (Lipinski definition) is 5. The highest BCUT2D eigenvalue weighted by Gasteiger charge is 2.18. The van der Waals surface area contributed by atoms with Crippen molar-refractivity contribution in [2.75, 3.05) is 65.8 Å². The lowest BCUT2D eigenvalue weighted by molar-refractivity contribution is 0.199. The van der Waals surface area contributed by atoms with Crippen LogP contribution in [0.5, 0.6) is 0 Å². The smallest absolute Gasteiger partial charge is 0.213 e. The SMILES string of the molecule is COCCCS(=O)(=O)N(C)CCN1CCNCC1. The Bertz CT molecular complexity index is 315. The van der Waals surface area contributed by atoms with Crippen molar-refractivity contribution in [2.45, 2.75) is 6.42 Å². The number of hydrogen-bond donors (Lipinski definition) is 1. The Labute approximate surface area is 110 Å². The lowest BCUT2D eigenvalue weighted by atomic mass is 10.3. The summed E-state index contributed by atoms with van der Waals surface area (Å²) in [5.41, 5.74) is 0. The summed E-state index contributed by atoms with van der Waals surface area (Å²) >= 11 is 0. The maximum absolute atomic E-state index is 11.9. The van der Waals surface area contributed by atoms with Gasteiger partial charge in [0.25, 0.3) is 0 Å². The maximum Gasteiger partial charge on any atom is 0.213 e. The molecule has 0 aromatic heterocycles. The second-order valence-corrected chi connectivity index (χ2v) is 6.77. The molecule has 1 fully saturated rings. The van der Waals surface area contributed by atoms with E-state index < -0.39 is 10.0 Å². The molecule has 0 aliphatic carbocycles. The molecular formula is C11H25N3O3S. The highest BCUT2D eigenvalue weighted by atomic mass is 32.2. The van der Waals surface area contributed by atoms with Gasteiger partial charge in [0.05, 0.1) is 5.75 Å². The molecule has 0 spiro atoms. The summed E-state index contributed by atoms with van der Waals surface area (Å²) in [6.45, 7) is 5.84. The molecular weight excluding hydrogens is 254 g/mol. The second-order valence-electron chi connectivity index (χ2n) is 4.58. The molecule has 1 rings (SSSR count). The van der Waals surface area contributed by atoms with E-state index in [1.807, 2.05) is 0 Å². The van der Waals surface area contributed by atoms with Gasteiger partial charge >= 0.3 is 0 Å². The summed E-state index contributed by atoms with van der Waals surface area (Å²) < 4.78 is 30.2. The number of sulfonamides is 1. The number of piperazine rings is 1. The van der Waals surface area contributed by atoms with Gasteiger partial charge in [0.15, 0.2) is 0 Å². The molecule has 0 amide bonds. The molecule has 0 aromatic rings. The summed E-state index contributed by atoms with van der Waals surface area (Å²) in [6, 6.07) is 0. The van der Waals surface area contributed by atoms with E-state index in [-0.39, 0.29) is 5.75 Å². The predicted molar refractivity (Wildman–Crippen MR) is 72.2 cm³/mol. The summed E-state index contributed by atoms with van der Waals surface area (Å²) in [4.78, 5) is 2.29. The van der Waals surface area contributed by atoms with E-state index in [2.05, 4.69) is 10.2 Å². The van der Waals surface area contributed by atoms with E-state index >= 15 is 0 Å². The number of ether oxygens (including phenoxy) is 1. The zero-order chi connectivity index (χ0) is 13.4. The lowest BCUT2D eigenvalue weighted by Gasteiger charge is -2.28. The molecule has 18 heavy (non-hydrogen) atoms. The van der Waals surface area contributed by atoms with Crippen LogP contribution in [0.1, 0.15) is 6.42 Å². The average Bonchev–Trinajstić information content (AvgIpc) is 2.37. The fraction of sp³-hybridized carbons (Fsp3) is 1.00. The van der Waals surface area contributed by atoms with Crippen LogP contribution in [0.15, 0.2) is 0 Å². The molecule has 0 radical (unpaired) electrons. The van der Waals surface area contributed by atoms with Crippen LogP contribution in [0, 0.1) is 0 Å². The molecule has 108 valence electrons. The summed E-state index contributed by atoms with van der Waals surface area (Å²) in [7, 11) is 0.119. The molecule has 0 unspecified atom stereocenters. The zero-order valence-electron chi connectivity index (χ0n) is 11.4. The van der Waals surface area contributed by atoms with Crippen molar-refractivity contribution in [1.29, 1.82) is 0 Å². The van der Waals surface area contributed by atoms with Crippen LogP contribution in [0.4, 0.5) is 0 Å². The number of nitrogens with zero attached hydrogens (tertiary/aromatic N) is 2. The van der Waals surface area contributed by atoms with Gasteiger partial charge in [-0.2, -0.15) is 0 Å². The third-order valence-electron chi connectivity index (χ3n) is 3.17. The highest BCUT2D eigenvalue weighted by molar-refractivity contribution is 7.89. The van der Waals surface area contributed by atoms with Crippen molar-refractivity contribution in [3.63, 3.8) is 0 Å². The van der Waals surface area contributed by atoms with Crippen LogP contribution in [0.2, 0.25) is 0 Å². The van der Waals surface area contributed by atoms with Gasteiger partial charge in [-0.1, -0.05) is 0 Å². The number of nitrogens with one attached hydrogen (secondary N) is 1. The zero-order valence-corrected chi connectivity index (χ0v) is 12.2. The first-order valence-corrected chi connectivity index (χ1v) is 8.03. The van der Waals surface area contributed by atoms with Crippen LogP contribution < -0.4 is 5.32 Å². The predicted octanol–water partition coefficient (Wildman–Crippen LogP) is -0.810. The van der Waals surface area contributed by atoms with Gasteiger partial charge in [-0.05, 0) is 6.42 Å². The topological polar surface area (TPSA) is 61.9 Å². The molecule has 0 saturated carbocycles. The molecule has 6 nitrogen and oxygen atoms in total. The monoisotopic (exact) mass is 279 g/mol. The molecule has 1 aliphatic heterocycles. The van der Waals surface area contributed by atoms with E-state index in [1.54, 1.807) is 14.2 Å². The van der Waals surface area contributed by atoms with Crippen LogP contribution in [0.25, 0.3) is 0 Å². The maximum atomic E-state index is 11.9. The molecule has 1 N–H and O–H groups in total. The Morgan fingerprint density at radius 3 is 2.61 bits per heavy atom. The van der Waals surface area contributed by atoms with Gasteiger partial charge < -0.3 is 10.1 Å². The van der Waals surface area contributed by atoms with Crippen LogP contribution in [-0.4, -0.2) is 83.4 Å². The largest absolute Gasteiger partial charge is 0.385 e. The molecule has 1 heterocycles. The van der Waals surface area contributed by atoms with Crippen molar-refractivity contribution in [3.05, 3.63) is 0 Å². The summed E-state index contributed by atoms with van der Waals surface area (Å²) in [5.74, 6) is 0.166. The lowest BCUT2D eigenvalue weighted by Crippen LogP contribution is -2.46. The minimum absolute atomic E-state index is 0.166. The molecule has 7 heteroatoms. The Kier molecular flexibility index (Phi) is 7.10. The molecule has 0 aromatic carbocycles.